The number of nitrogens with zero attached hydrogens (tertiary/aromatic N) is 3. The van der Waals surface area contributed by atoms with E-state index in [0.29, 0.717) is 58.4 Å². The van der Waals surface area contributed by atoms with Crippen LogP contribution >= 0.6 is 0 Å². The number of aromatic nitrogens is 2. The van der Waals surface area contributed by atoms with Gasteiger partial charge in [-0.1, -0.05) is 30.3 Å². The van der Waals surface area contributed by atoms with E-state index < -0.39 is 17.6 Å². The van der Waals surface area contributed by atoms with E-state index in [1.165, 1.54) is 65.7 Å². The number of likely N-dealkylation sites (N-methyl/N-ethyl adjacent to an activating group) is 1. The molecular weight excluding hydrogens is 570 g/mol. The van der Waals surface area contributed by atoms with Crippen molar-refractivity contribution in [3.8, 4) is 34.5 Å². The number of hydrogen-bond acceptors (Lipinski definition) is 11. The zero-order chi connectivity index (χ0) is 31.8. The molecule has 4 rings (SSSR count). The summed E-state index contributed by atoms with van der Waals surface area (Å²) in [5.74, 6) is 1.33. The van der Waals surface area contributed by atoms with Gasteiger partial charge in [0, 0.05) is 13.1 Å². The molecule has 0 amide bonds. The van der Waals surface area contributed by atoms with Crippen molar-refractivity contribution in [2.45, 2.75) is 19.2 Å². The molecule has 0 spiro atoms. The molecule has 0 saturated carbocycles. The Balaban J connectivity index is 1.71. The molecule has 0 aliphatic heterocycles. The highest BCUT2D eigenvalue weighted by molar-refractivity contribution is 5.92. The lowest BCUT2D eigenvalue weighted by molar-refractivity contribution is 0.0158. The maximum absolute atomic E-state index is 13.7. The number of methoxy groups -OCH3 is 6. The van der Waals surface area contributed by atoms with Crippen molar-refractivity contribution < 1.29 is 38.0 Å². The fraction of sp³-hybridized carbons (Fsp3) is 0.344. The van der Waals surface area contributed by atoms with Gasteiger partial charge in [-0.3, -0.25) is 9.69 Å². The number of ether oxygens (including phenoxy) is 7. The van der Waals surface area contributed by atoms with Crippen LogP contribution in [0, 0.1) is 0 Å². The highest BCUT2D eigenvalue weighted by Gasteiger charge is 2.25. The molecule has 234 valence electrons. The Morgan fingerprint density at radius 3 is 1.95 bits per heavy atom. The summed E-state index contributed by atoms with van der Waals surface area (Å²) in [5.41, 5.74) is 0.857. The van der Waals surface area contributed by atoms with Gasteiger partial charge in [-0.25, -0.2) is 9.48 Å². The largest absolute Gasteiger partial charge is 0.493 e. The summed E-state index contributed by atoms with van der Waals surface area (Å²) in [6.07, 6.45) is 0.739. The van der Waals surface area contributed by atoms with Crippen molar-refractivity contribution in [1.29, 1.82) is 0 Å². The number of rotatable bonds is 14. The van der Waals surface area contributed by atoms with Gasteiger partial charge in [-0.05, 0) is 30.8 Å². The molecular formula is C32H37N3O9. The van der Waals surface area contributed by atoms with Crippen LogP contribution in [0.4, 0.5) is 0 Å². The first-order valence-corrected chi connectivity index (χ1v) is 13.7. The van der Waals surface area contributed by atoms with Crippen LogP contribution in [-0.4, -0.2) is 83.0 Å². The van der Waals surface area contributed by atoms with Crippen LogP contribution in [0.2, 0.25) is 0 Å². The maximum atomic E-state index is 13.7. The second-order valence-corrected chi connectivity index (χ2v) is 9.86. The second kappa shape index (κ2) is 14.5. The summed E-state index contributed by atoms with van der Waals surface area (Å²) in [6.45, 7) is 0.862. The van der Waals surface area contributed by atoms with Gasteiger partial charge >= 0.3 is 5.97 Å². The number of benzene rings is 3. The van der Waals surface area contributed by atoms with Crippen molar-refractivity contribution in [1.82, 2.24) is 14.7 Å². The average molecular weight is 608 g/mol. The van der Waals surface area contributed by atoms with Crippen molar-refractivity contribution in [2.24, 2.45) is 0 Å². The fourth-order valence-corrected chi connectivity index (χ4v) is 4.98. The lowest BCUT2D eigenvalue weighted by Gasteiger charge is -2.25. The molecule has 0 radical (unpaired) electrons. The van der Waals surface area contributed by atoms with Gasteiger partial charge in [0.25, 0.3) is 5.56 Å². The van der Waals surface area contributed by atoms with Gasteiger partial charge in [0.05, 0.1) is 71.7 Å². The first-order valence-electron chi connectivity index (χ1n) is 13.7. The summed E-state index contributed by atoms with van der Waals surface area (Å²) < 4.78 is 39.9. The smallest absolute Gasteiger partial charge is 0.338 e. The van der Waals surface area contributed by atoms with Crippen LogP contribution in [-0.2, 0) is 17.8 Å². The van der Waals surface area contributed by atoms with Crippen LogP contribution in [0.5, 0.6) is 34.5 Å². The molecule has 0 saturated heterocycles. The Labute approximate surface area is 255 Å². The highest BCUT2D eigenvalue weighted by atomic mass is 16.6. The Kier molecular flexibility index (Phi) is 10.5. The maximum Gasteiger partial charge on any atom is 0.338 e. The molecule has 1 unspecified atom stereocenters. The van der Waals surface area contributed by atoms with Crippen molar-refractivity contribution in [3.05, 3.63) is 76.2 Å². The lowest BCUT2D eigenvalue weighted by atomic mass is 10.1. The van der Waals surface area contributed by atoms with E-state index in [2.05, 4.69) is 5.10 Å². The standard InChI is InChI=1S/C32H37N3O9/c1-34(17-20-11-9-8-10-12-20)18-22(44-32(37)21-13-25(38-2)29(42-6)26(14-21)39-3)19-35-31(36)23-15-27(40-4)30(43-7)28(41-5)24(23)16-33-35/h8-16,22H,17-19H2,1-7H3. The van der Waals surface area contributed by atoms with Crippen molar-refractivity contribution in [2.75, 3.05) is 56.3 Å². The van der Waals surface area contributed by atoms with Gasteiger partial charge in [-0.15, -0.1) is 0 Å². The number of carbonyl (C=O) groups is 1. The summed E-state index contributed by atoms with van der Waals surface area (Å²) in [6, 6.07) is 14.5. The molecule has 3 aromatic carbocycles. The summed E-state index contributed by atoms with van der Waals surface area (Å²) >= 11 is 0. The number of fused-ring (bicyclic) bond motifs is 1. The van der Waals surface area contributed by atoms with E-state index in [9.17, 15) is 9.59 Å². The SMILES string of the molecule is COc1cc(C(=O)OC(CN(C)Cc2ccccc2)Cn2ncc3c(OC)c(OC)c(OC)cc3c2=O)cc(OC)c1OC. The van der Waals surface area contributed by atoms with E-state index in [4.69, 9.17) is 33.2 Å². The molecule has 12 heteroatoms. The van der Waals surface area contributed by atoms with Crippen LogP contribution in [0.1, 0.15) is 15.9 Å². The number of hydrogen-bond donors (Lipinski definition) is 0. The second-order valence-electron chi connectivity index (χ2n) is 9.86. The minimum absolute atomic E-state index is 0.0271. The molecule has 44 heavy (non-hydrogen) atoms. The van der Waals surface area contributed by atoms with E-state index in [1.54, 1.807) is 6.07 Å². The fourth-order valence-electron chi connectivity index (χ4n) is 4.98. The highest BCUT2D eigenvalue weighted by Crippen LogP contribution is 2.42. The molecule has 12 nitrogen and oxygen atoms in total. The first-order chi connectivity index (χ1) is 21.3. The molecule has 4 aromatic rings. The Bertz CT molecular complexity index is 1630. The van der Waals surface area contributed by atoms with Gasteiger partial charge in [0.1, 0.15) is 6.10 Å². The quantitative estimate of drug-likeness (QED) is 0.195. The zero-order valence-corrected chi connectivity index (χ0v) is 25.9. The lowest BCUT2D eigenvalue weighted by Crippen LogP contribution is -2.38. The van der Waals surface area contributed by atoms with Crippen LogP contribution in [0.15, 0.2) is 59.5 Å². The van der Waals surface area contributed by atoms with Crippen LogP contribution in [0.3, 0.4) is 0 Å². The zero-order valence-electron chi connectivity index (χ0n) is 25.9. The third kappa shape index (κ3) is 6.81. The average Bonchev–Trinajstić information content (AvgIpc) is 3.04. The van der Waals surface area contributed by atoms with E-state index >= 15 is 0 Å². The molecule has 0 N–H and O–H groups in total. The minimum Gasteiger partial charge on any atom is -0.493 e. The predicted molar refractivity (Wildman–Crippen MR) is 164 cm³/mol. The first kappa shape index (κ1) is 32.0. The Hall–Kier alpha value is -4.97. The molecule has 0 aliphatic rings. The molecule has 1 aromatic heterocycles. The predicted octanol–water partition coefficient (Wildman–Crippen LogP) is 3.81. The molecule has 1 heterocycles. The van der Waals surface area contributed by atoms with Crippen LogP contribution < -0.4 is 34.0 Å². The van der Waals surface area contributed by atoms with Gasteiger partial charge < -0.3 is 33.2 Å². The van der Waals surface area contributed by atoms with Crippen molar-refractivity contribution >= 4 is 16.7 Å². The van der Waals surface area contributed by atoms with Crippen molar-refractivity contribution in [3.63, 3.8) is 0 Å². The molecule has 0 fully saturated rings. The minimum atomic E-state index is -0.778. The van der Waals surface area contributed by atoms with Gasteiger partial charge in [0.2, 0.25) is 11.5 Å². The molecule has 0 bridgehead atoms. The number of carbonyl (C=O) groups excluding carboxylic acids is 1. The Morgan fingerprint density at radius 2 is 1.39 bits per heavy atom. The summed E-state index contributed by atoms with van der Waals surface area (Å²) in [5, 5.41) is 5.16. The molecule has 0 aliphatic carbocycles. The van der Waals surface area contributed by atoms with Crippen LogP contribution in [0.25, 0.3) is 10.8 Å². The molecule has 1 atom stereocenters. The third-order valence-electron chi connectivity index (χ3n) is 7.02. The topological polar surface area (TPSA) is 120 Å². The Morgan fingerprint density at radius 1 is 0.795 bits per heavy atom. The number of esters is 1. The normalized spacial score (nSPS) is 11.6. The van der Waals surface area contributed by atoms with Gasteiger partial charge in [0.15, 0.2) is 23.0 Å². The van der Waals surface area contributed by atoms with Gasteiger partial charge in [-0.2, -0.15) is 5.10 Å². The van der Waals surface area contributed by atoms with E-state index in [0.717, 1.165) is 5.56 Å². The van der Waals surface area contributed by atoms with E-state index in [-0.39, 0.29) is 12.1 Å². The van der Waals surface area contributed by atoms with E-state index in [1.807, 2.05) is 42.3 Å². The summed E-state index contributed by atoms with van der Waals surface area (Å²) in [7, 11) is 10.8. The monoisotopic (exact) mass is 607 g/mol. The third-order valence-corrected chi connectivity index (χ3v) is 7.02. The summed E-state index contributed by atoms with van der Waals surface area (Å²) in [4.78, 5) is 29.2.